The molecular formula is C28H30N4O2S. The second-order valence-corrected chi connectivity index (χ2v) is 10.2. The smallest absolute Gasteiger partial charge is 0.322 e. The summed E-state index contributed by atoms with van der Waals surface area (Å²) >= 11 is 1.33. The number of nitrogens with one attached hydrogen (secondary N) is 3. The van der Waals surface area contributed by atoms with Crippen LogP contribution in [0.5, 0.6) is 0 Å². The minimum absolute atomic E-state index is 0.177. The van der Waals surface area contributed by atoms with Crippen LogP contribution in [0.1, 0.15) is 57.9 Å². The first-order chi connectivity index (χ1) is 16.6. The fourth-order valence-electron chi connectivity index (χ4n) is 4.27. The first kappa shape index (κ1) is 24.4. The summed E-state index contributed by atoms with van der Waals surface area (Å²) in [4.78, 5) is 30.2. The summed E-state index contributed by atoms with van der Waals surface area (Å²) in [6.07, 6.45) is 0. The van der Waals surface area contributed by atoms with Gasteiger partial charge in [0.1, 0.15) is 0 Å². The lowest BCUT2D eigenvalue weighted by molar-refractivity contribution is 0.102. The molecule has 0 unspecified atom stereocenters. The van der Waals surface area contributed by atoms with Crippen LogP contribution in [-0.2, 0) is 0 Å². The van der Waals surface area contributed by atoms with Crippen molar-refractivity contribution in [3.63, 3.8) is 0 Å². The van der Waals surface area contributed by atoms with Gasteiger partial charge >= 0.3 is 6.03 Å². The van der Waals surface area contributed by atoms with Crippen LogP contribution in [0.15, 0.2) is 48.5 Å². The van der Waals surface area contributed by atoms with Crippen molar-refractivity contribution in [1.82, 2.24) is 4.98 Å². The predicted octanol–water partition coefficient (Wildman–Crippen LogP) is 7.55. The van der Waals surface area contributed by atoms with Crippen molar-refractivity contribution in [2.45, 2.75) is 47.5 Å². The summed E-state index contributed by atoms with van der Waals surface area (Å²) in [5, 5.41) is 9.33. The van der Waals surface area contributed by atoms with Gasteiger partial charge in [0.2, 0.25) is 0 Å². The van der Waals surface area contributed by atoms with Gasteiger partial charge in [-0.05, 0) is 74.1 Å². The molecule has 4 aromatic rings. The van der Waals surface area contributed by atoms with Gasteiger partial charge in [-0.3, -0.25) is 10.1 Å². The second kappa shape index (κ2) is 9.88. The Morgan fingerprint density at radius 3 is 2.23 bits per heavy atom. The third-order valence-electron chi connectivity index (χ3n) is 5.95. The molecule has 7 heteroatoms. The van der Waals surface area contributed by atoms with E-state index >= 15 is 0 Å². The number of carbonyl (C=O) groups excluding carboxylic acids is 2. The van der Waals surface area contributed by atoms with Gasteiger partial charge in [0.25, 0.3) is 5.91 Å². The zero-order chi connectivity index (χ0) is 25.3. The fourth-order valence-corrected chi connectivity index (χ4v) is 5.17. The molecule has 4 rings (SSSR count). The largest absolute Gasteiger partial charge is 0.325 e. The number of fused-ring (bicyclic) bond motifs is 1. The predicted molar refractivity (Wildman–Crippen MR) is 146 cm³/mol. The van der Waals surface area contributed by atoms with E-state index in [2.05, 4.69) is 46.9 Å². The van der Waals surface area contributed by atoms with Crippen LogP contribution in [0.2, 0.25) is 0 Å². The number of urea groups is 1. The molecule has 0 bridgehead atoms. The molecule has 3 N–H and O–H groups in total. The number of hydrogen-bond donors (Lipinski definition) is 3. The highest BCUT2D eigenvalue weighted by Gasteiger charge is 2.15. The number of hydrogen-bond acceptors (Lipinski definition) is 4. The monoisotopic (exact) mass is 486 g/mol. The summed E-state index contributed by atoms with van der Waals surface area (Å²) in [6, 6.07) is 15.1. The van der Waals surface area contributed by atoms with Crippen LogP contribution in [0.3, 0.4) is 0 Å². The molecule has 0 fully saturated rings. The number of aryl methyl sites for hydroxylation is 4. The van der Waals surface area contributed by atoms with Crippen molar-refractivity contribution in [1.29, 1.82) is 0 Å². The third-order valence-corrected chi connectivity index (χ3v) is 6.89. The molecule has 0 saturated carbocycles. The van der Waals surface area contributed by atoms with Gasteiger partial charge in [-0.15, -0.1) is 0 Å². The molecule has 180 valence electrons. The maximum atomic E-state index is 12.9. The number of anilines is 3. The Kier molecular flexibility index (Phi) is 6.89. The lowest BCUT2D eigenvalue weighted by Gasteiger charge is -2.16. The number of thiazole rings is 1. The van der Waals surface area contributed by atoms with E-state index in [0.717, 1.165) is 49.4 Å². The Balaban J connectivity index is 1.51. The number of para-hydroxylation sites is 1. The van der Waals surface area contributed by atoms with Crippen LogP contribution < -0.4 is 16.0 Å². The van der Waals surface area contributed by atoms with Crippen LogP contribution in [0.25, 0.3) is 10.2 Å². The quantitative estimate of drug-likeness (QED) is 0.272. The summed E-state index contributed by atoms with van der Waals surface area (Å²) in [7, 11) is 0. The molecule has 0 aliphatic rings. The van der Waals surface area contributed by atoms with Crippen LogP contribution in [-0.4, -0.2) is 16.9 Å². The van der Waals surface area contributed by atoms with E-state index in [4.69, 9.17) is 0 Å². The van der Waals surface area contributed by atoms with Crippen molar-refractivity contribution < 1.29 is 9.59 Å². The second-order valence-electron chi connectivity index (χ2n) is 9.20. The first-order valence-electron chi connectivity index (χ1n) is 11.6. The Morgan fingerprint density at radius 2 is 1.54 bits per heavy atom. The third kappa shape index (κ3) is 5.35. The standard InChI is InChI=1S/C28H30N4O2S/c1-15(2)21-9-7-8-17(4)25(21)31-27(34)32-28-29-22-11-10-20(14-23(22)35-28)26(33)30-24-18(5)12-16(3)13-19(24)6/h7-15H,1-6H3,(H,30,33)(H2,29,31,32,34). The van der Waals surface area contributed by atoms with Gasteiger partial charge in [-0.2, -0.15) is 0 Å². The minimum Gasteiger partial charge on any atom is -0.322 e. The topological polar surface area (TPSA) is 83.1 Å². The molecule has 3 aromatic carbocycles. The van der Waals surface area contributed by atoms with Gasteiger partial charge in [0, 0.05) is 16.9 Å². The molecule has 0 aliphatic heterocycles. The number of amides is 3. The van der Waals surface area contributed by atoms with Crippen molar-refractivity contribution in [2.24, 2.45) is 0 Å². The van der Waals surface area contributed by atoms with Crippen LogP contribution >= 0.6 is 11.3 Å². The van der Waals surface area contributed by atoms with E-state index in [9.17, 15) is 9.59 Å². The van der Waals surface area contributed by atoms with Gasteiger partial charge in [-0.1, -0.05) is 61.1 Å². The van der Waals surface area contributed by atoms with E-state index in [1.807, 2.05) is 52.0 Å². The van der Waals surface area contributed by atoms with Gasteiger partial charge in [0.05, 0.1) is 10.2 Å². The zero-order valence-electron chi connectivity index (χ0n) is 20.9. The van der Waals surface area contributed by atoms with Crippen LogP contribution in [0, 0.1) is 27.7 Å². The summed E-state index contributed by atoms with van der Waals surface area (Å²) in [5.74, 6) is 0.105. The van der Waals surface area contributed by atoms with Crippen molar-refractivity contribution in [2.75, 3.05) is 16.0 Å². The molecule has 0 atom stereocenters. The first-order valence-corrected chi connectivity index (χ1v) is 12.4. The Labute approximate surface area is 209 Å². The van der Waals surface area contributed by atoms with Crippen LogP contribution in [0.4, 0.5) is 21.3 Å². The number of rotatable bonds is 5. The van der Waals surface area contributed by atoms with Crippen molar-refractivity contribution in [3.8, 4) is 0 Å². The molecule has 3 amide bonds. The molecule has 0 saturated heterocycles. The number of nitrogens with zero attached hydrogens (tertiary/aromatic N) is 1. The van der Waals surface area contributed by atoms with Crippen molar-refractivity contribution in [3.05, 3.63) is 81.9 Å². The molecule has 1 heterocycles. The fraction of sp³-hybridized carbons (Fsp3) is 0.250. The average molecular weight is 487 g/mol. The maximum absolute atomic E-state index is 12.9. The highest BCUT2D eigenvalue weighted by Crippen LogP contribution is 2.30. The molecule has 6 nitrogen and oxygen atoms in total. The molecule has 0 radical (unpaired) electrons. The summed E-state index contributed by atoms with van der Waals surface area (Å²) < 4.78 is 0.823. The summed E-state index contributed by atoms with van der Waals surface area (Å²) in [5.41, 5.74) is 8.23. The Morgan fingerprint density at radius 1 is 0.829 bits per heavy atom. The van der Waals surface area contributed by atoms with Gasteiger partial charge < -0.3 is 10.6 Å². The molecule has 1 aromatic heterocycles. The number of carbonyl (C=O) groups is 2. The normalized spacial score (nSPS) is 11.1. The molecule has 0 aliphatic carbocycles. The Bertz CT molecular complexity index is 1420. The lowest BCUT2D eigenvalue weighted by atomic mass is 9.98. The average Bonchev–Trinajstić information content (AvgIpc) is 3.18. The molecular weight excluding hydrogens is 456 g/mol. The van der Waals surface area contributed by atoms with E-state index in [0.29, 0.717) is 10.7 Å². The highest BCUT2D eigenvalue weighted by atomic mass is 32.1. The van der Waals surface area contributed by atoms with E-state index in [1.165, 1.54) is 11.3 Å². The van der Waals surface area contributed by atoms with E-state index in [-0.39, 0.29) is 17.9 Å². The highest BCUT2D eigenvalue weighted by molar-refractivity contribution is 7.22. The van der Waals surface area contributed by atoms with E-state index < -0.39 is 0 Å². The maximum Gasteiger partial charge on any atom is 0.325 e. The lowest BCUT2D eigenvalue weighted by Crippen LogP contribution is -2.21. The number of aromatic nitrogens is 1. The van der Waals surface area contributed by atoms with Crippen molar-refractivity contribution >= 4 is 50.0 Å². The summed E-state index contributed by atoms with van der Waals surface area (Å²) in [6.45, 7) is 12.2. The SMILES string of the molecule is Cc1cc(C)c(NC(=O)c2ccc3nc(NC(=O)Nc4c(C)cccc4C(C)C)sc3c2)c(C)c1. The van der Waals surface area contributed by atoms with E-state index in [1.54, 1.807) is 12.1 Å². The van der Waals surface area contributed by atoms with Gasteiger partial charge in [-0.25, -0.2) is 9.78 Å². The zero-order valence-corrected chi connectivity index (χ0v) is 21.7. The van der Waals surface area contributed by atoms with Gasteiger partial charge in [0.15, 0.2) is 5.13 Å². The molecule has 35 heavy (non-hydrogen) atoms. The minimum atomic E-state index is -0.344. The Hall–Kier alpha value is -3.71. The number of benzene rings is 3. The molecule has 0 spiro atoms.